The number of ether oxygens (including phenoxy) is 2. The molecule has 1 atom stereocenters. The van der Waals surface area contributed by atoms with E-state index < -0.39 is 6.04 Å². The zero-order valence-electron chi connectivity index (χ0n) is 21.5. The number of carbonyl (C=O) groups is 2. The maximum atomic E-state index is 13.2. The normalized spacial score (nSPS) is 19.0. The summed E-state index contributed by atoms with van der Waals surface area (Å²) in [6, 6.07) is 3.90. The molecule has 1 saturated heterocycles. The van der Waals surface area contributed by atoms with Crippen molar-refractivity contribution in [2.45, 2.75) is 96.9 Å². The number of hydrogen-bond donors (Lipinski definition) is 0. The lowest BCUT2D eigenvalue weighted by molar-refractivity contribution is -0.156. The van der Waals surface area contributed by atoms with E-state index in [-0.39, 0.29) is 17.8 Å². The molecule has 1 aliphatic carbocycles. The van der Waals surface area contributed by atoms with Crippen molar-refractivity contribution in [1.82, 2.24) is 4.90 Å². The highest BCUT2D eigenvalue weighted by molar-refractivity contribution is 5.96. The third-order valence-corrected chi connectivity index (χ3v) is 7.66. The van der Waals surface area contributed by atoms with Gasteiger partial charge in [0.15, 0.2) is 0 Å². The Morgan fingerprint density at radius 1 is 1.00 bits per heavy atom. The molecule has 188 valence electrons. The first-order valence-electron chi connectivity index (χ1n) is 13.2. The van der Waals surface area contributed by atoms with E-state index in [2.05, 4.69) is 32.6 Å². The molecule has 0 radical (unpaired) electrons. The number of likely N-dealkylation sites (tertiary alicyclic amines) is 1. The molecule has 2 aliphatic rings. The van der Waals surface area contributed by atoms with E-state index in [1.165, 1.54) is 36.0 Å². The SMILES string of the molecule is C=C(C(=O)N1CCCCC1C(=O)OCCCCCc1cc(C)c(C)c(OC)c1)C1CCCCC1. The molecule has 1 aromatic rings. The number of esters is 1. The molecule has 1 saturated carbocycles. The Kier molecular flexibility index (Phi) is 10.0. The van der Waals surface area contributed by atoms with Crippen molar-refractivity contribution >= 4 is 11.9 Å². The lowest BCUT2D eigenvalue weighted by Crippen LogP contribution is -2.49. The van der Waals surface area contributed by atoms with Gasteiger partial charge in [-0.05, 0) is 100 Å². The van der Waals surface area contributed by atoms with Crippen molar-refractivity contribution in [3.05, 3.63) is 41.0 Å². The summed E-state index contributed by atoms with van der Waals surface area (Å²) in [7, 11) is 1.72. The zero-order valence-corrected chi connectivity index (χ0v) is 21.5. The van der Waals surface area contributed by atoms with E-state index >= 15 is 0 Å². The highest BCUT2D eigenvalue weighted by atomic mass is 16.5. The molecule has 34 heavy (non-hydrogen) atoms. The summed E-state index contributed by atoms with van der Waals surface area (Å²) >= 11 is 0. The molecule has 1 heterocycles. The van der Waals surface area contributed by atoms with Crippen molar-refractivity contribution in [2.24, 2.45) is 5.92 Å². The van der Waals surface area contributed by atoms with Crippen molar-refractivity contribution in [2.75, 3.05) is 20.3 Å². The van der Waals surface area contributed by atoms with E-state index in [1.807, 2.05) is 0 Å². The average Bonchev–Trinajstić information content (AvgIpc) is 2.87. The Balaban J connectivity index is 1.42. The average molecular weight is 470 g/mol. The number of benzene rings is 1. The molecule has 2 fully saturated rings. The third kappa shape index (κ3) is 6.86. The topological polar surface area (TPSA) is 55.8 Å². The van der Waals surface area contributed by atoms with Crippen LogP contribution in [0, 0.1) is 19.8 Å². The van der Waals surface area contributed by atoms with Gasteiger partial charge in [0.25, 0.3) is 0 Å². The Hall–Kier alpha value is -2.30. The molecule has 0 spiro atoms. The highest BCUT2D eigenvalue weighted by Gasteiger charge is 2.35. The van der Waals surface area contributed by atoms with E-state index in [0.29, 0.717) is 25.1 Å². The van der Waals surface area contributed by atoms with Crippen molar-refractivity contribution in [1.29, 1.82) is 0 Å². The fraction of sp³-hybridized carbons (Fsp3) is 0.655. The Morgan fingerprint density at radius 2 is 1.74 bits per heavy atom. The van der Waals surface area contributed by atoms with Crippen LogP contribution in [0.5, 0.6) is 5.75 Å². The number of hydrogen-bond acceptors (Lipinski definition) is 4. The second kappa shape index (κ2) is 13.0. The van der Waals surface area contributed by atoms with Gasteiger partial charge in [-0.1, -0.05) is 31.9 Å². The fourth-order valence-electron chi connectivity index (χ4n) is 5.36. The lowest BCUT2D eigenvalue weighted by atomic mass is 9.83. The summed E-state index contributed by atoms with van der Waals surface area (Å²) in [5.74, 6) is 0.944. The molecule has 1 aromatic carbocycles. The van der Waals surface area contributed by atoms with Crippen LogP contribution in [0.2, 0.25) is 0 Å². The number of rotatable bonds is 10. The van der Waals surface area contributed by atoms with E-state index in [4.69, 9.17) is 9.47 Å². The molecule has 0 aromatic heterocycles. The van der Waals surface area contributed by atoms with Gasteiger partial charge in [0.05, 0.1) is 13.7 Å². The van der Waals surface area contributed by atoms with E-state index in [9.17, 15) is 9.59 Å². The monoisotopic (exact) mass is 469 g/mol. The fourth-order valence-corrected chi connectivity index (χ4v) is 5.36. The number of unbranched alkanes of at least 4 members (excludes halogenated alkanes) is 2. The van der Waals surface area contributed by atoms with Crippen LogP contribution in [-0.2, 0) is 20.7 Å². The van der Waals surface area contributed by atoms with Gasteiger partial charge in [-0.25, -0.2) is 4.79 Å². The highest BCUT2D eigenvalue weighted by Crippen LogP contribution is 2.31. The number of aryl methyl sites for hydroxylation is 2. The summed E-state index contributed by atoms with van der Waals surface area (Å²) in [5.41, 5.74) is 4.42. The Labute approximate surface area is 205 Å². The Morgan fingerprint density at radius 3 is 2.47 bits per heavy atom. The van der Waals surface area contributed by atoms with Crippen LogP contribution in [0.4, 0.5) is 0 Å². The maximum Gasteiger partial charge on any atom is 0.328 e. The van der Waals surface area contributed by atoms with Crippen LogP contribution >= 0.6 is 0 Å². The van der Waals surface area contributed by atoms with Crippen molar-refractivity contribution in [3.8, 4) is 5.75 Å². The van der Waals surface area contributed by atoms with Crippen LogP contribution in [0.1, 0.15) is 87.3 Å². The van der Waals surface area contributed by atoms with E-state index in [0.717, 1.165) is 57.1 Å². The smallest absolute Gasteiger partial charge is 0.328 e. The number of methoxy groups -OCH3 is 1. The molecule has 0 N–H and O–H groups in total. The van der Waals surface area contributed by atoms with E-state index in [1.54, 1.807) is 12.0 Å². The van der Waals surface area contributed by atoms with Gasteiger partial charge in [0.1, 0.15) is 11.8 Å². The van der Waals surface area contributed by atoms with Crippen LogP contribution < -0.4 is 4.74 Å². The largest absolute Gasteiger partial charge is 0.496 e. The quantitative estimate of drug-likeness (QED) is 0.236. The molecule has 0 bridgehead atoms. The van der Waals surface area contributed by atoms with Crippen LogP contribution in [0.15, 0.2) is 24.3 Å². The molecule has 5 heteroatoms. The van der Waals surface area contributed by atoms with Crippen LogP contribution in [0.3, 0.4) is 0 Å². The first-order chi connectivity index (χ1) is 16.4. The molecule has 1 aliphatic heterocycles. The van der Waals surface area contributed by atoms with Gasteiger partial charge in [-0.15, -0.1) is 0 Å². The van der Waals surface area contributed by atoms with Gasteiger partial charge >= 0.3 is 5.97 Å². The Bertz CT molecular complexity index is 856. The molecule has 1 unspecified atom stereocenters. The molecular formula is C29H43NO4. The minimum absolute atomic E-state index is 0.0302. The molecular weight excluding hydrogens is 426 g/mol. The van der Waals surface area contributed by atoms with Crippen LogP contribution in [-0.4, -0.2) is 43.1 Å². The minimum atomic E-state index is -0.454. The van der Waals surface area contributed by atoms with Gasteiger partial charge in [-0.2, -0.15) is 0 Å². The molecule has 1 amide bonds. The summed E-state index contributed by atoms with van der Waals surface area (Å²) < 4.78 is 11.1. The first-order valence-corrected chi connectivity index (χ1v) is 13.2. The summed E-state index contributed by atoms with van der Waals surface area (Å²) in [6.45, 7) is 9.38. The van der Waals surface area contributed by atoms with Gasteiger partial charge in [0, 0.05) is 12.1 Å². The molecule has 3 rings (SSSR count). The first kappa shape index (κ1) is 26.3. The molecule has 5 nitrogen and oxygen atoms in total. The predicted octanol–water partition coefficient (Wildman–Crippen LogP) is 6.09. The van der Waals surface area contributed by atoms with Crippen molar-refractivity contribution < 1.29 is 19.1 Å². The second-order valence-electron chi connectivity index (χ2n) is 10.1. The number of nitrogens with zero attached hydrogens (tertiary/aromatic N) is 1. The van der Waals surface area contributed by atoms with Crippen LogP contribution in [0.25, 0.3) is 0 Å². The summed E-state index contributed by atoms with van der Waals surface area (Å²) in [4.78, 5) is 27.8. The van der Waals surface area contributed by atoms with Gasteiger partial charge in [-0.3, -0.25) is 4.79 Å². The maximum absolute atomic E-state index is 13.2. The number of amides is 1. The standard InChI is InChI=1S/C29H43NO4/c1-21-19-24(20-27(33-4)22(21)2)13-7-6-12-18-34-29(32)26-16-10-11-17-30(26)28(31)23(3)25-14-8-5-9-15-25/h19-20,25-26H,3,5-18H2,1-2,4H3. The second-order valence-corrected chi connectivity index (χ2v) is 10.1. The number of piperidine rings is 1. The lowest BCUT2D eigenvalue weighted by Gasteiger charge is -2.36. The minimum Gasteiger partial charge on any atom is -0.496 e. The van der Waals surface area contributed by atoms with Gasteiger partial charge < -0.3 is 14.4 Å². The zero-order chi connectivity index (χ0) is 24.5. The predicted molar refractivity (Wildman–Crippen MR) is 136 cm³/mol. The summed E-state index contributed by atoms with van der Waals surface area (Å²) in [5, 5.41) is 0. The van der Waals surface area contributed by atoms with Crippen molar-refractivity contribution in [3.63, 3.8) is 0 Å². The summed E-state index contributed by atoms with van der Waals surface area (Å²) in [6.07, 6.45) is 12.1. The third-order valence-electron chi connectivity index (χ3n) is 7.66. The van der Waals surface area contributed by atoms with Gasteiger partial charge in [0.2, 0.25) is 5.91 Å². The number of carbonyl (C=O) groups excluding carboxylic acids is 2.